The Kier molecular flexibility index (Phi) is 6.20. The van der Waals surface area contributed by atoms with Gasteiger partial charge in [-0.2, -0.15) is 0 Å². The van der Waals surface area contributed by atoms with Gasteiger partial charge >= 0.3 is 0 Å². The second-order valence-electron chi connectivity index (χ2n) is 7.55. The minimum atomic E-state index is -2.97. The van der Waals surface area contributed by atoms with E-state index >= 15 is 0 Å². The van der Waals surface area contributed by atoms with E-state index in [0.717, 1.165) is 25.1 Å². The Bertz CT molecular complexity index is 726. The Balaban J connectivity index is 1.71. The molecule has 0 bridgehead atoms. The number of sulfone groups is 1. The lowest BCUT2D eigenvalue weighted by Crippen LogP contribution is -2.47. The van der Waals surface area contributed by atoms with Gasteiger partial charge in [0.15, 0.2) is 14.9 Å². The van der Waals surface area contributed by atoms with Crippen LogP contribution in [0.1, 0.15) is 44.6 Å². The lowest BCUT2D eigenvalue weighted by Gasteiger charge is -2.33. The highest BCUT2D eigenvalue weighted by molar-refractivity contribution is 7.91. The molecule has 0 radical (unpaired) electrons. The highest BCUT2D eigenvalue weighted by atomic mass is 32.2. The van der Waals surface area contributed by atoms with Crippen LogP contribution in [0.2, 0.25) is 0 Å². The number of anilines is 1. The van der Waals surface area contributed by atoms with Crippen molar-refractivity contribution in [1.29, 1.82) is 0 Å². The van der Waals surface area contributed by atoms with Crippen molar-refractivity contribution in [2.45, 2.75) is 51.2 Å². The number of benzene rings is 1. The van der Waals surface area contributed by atoms with Crippen molar-refractivity contribution in [3.63, 3.8) is 0 Å². The Hall–Kier alpha value is -1.18. The van der Waals surface area contributed by atoms with Gasteiger partial charge in [-0.3, -0.25) is 0 Å². The predicted octanol–water partition coefficient (Wildman–Crippen LogP) is 3.17. The number of thiocarbonyl (C=S) groups is 1. The highest BCUT2D eigenvalue weighted by Crippen LogP contribution is 2.23. The summed E-state index contributed by atoms with van der Waals surface area (Å²) in [6.07, 6.45) is 2.81. The van der Waals surface area contributed by atoms with Crippen LogP contribution in [0.15, 0.2) is 24.3 Å². The smallest absolute Gasteiger partial charge is 0.173 e. The number of nitrogens with zero attached hydrogens (tertiary/aromatic N) is 1. The van der Waals surface area contributed by atoms with Crippen molar-refractivity contribution in [3.05, 3.63) is 29.8 Å². The van der Waals surface area contributed by atoms with E-state index < -0.39 is 9.84 Å². The van der Waals surface area contributed by atoms with Crippen LogP contribution in [0.25, 0.3) is 0 Å². The van der Waals surface area contributed by atoms with Crippen LogP contribution in [0.3, 0.4) is 0 Å². The molecule has 0 unspecified atom stereocenters. The summed E-state index contributed by atoms with van der Waals surface area (Å²) in [4.78, 5) is 2.03. The number of ether oxygens (including phenoxy) is 1. The molecule has 144 valence electrons. The second-order valence-corrected chi connectivity index (χ2v) is 10.2. The summed E-state index contributed by atoms with van der Waals surface area (Å²) in [5, 5.41) is 3.88. The van der Waals surface area contributed by atoms with Gasteiger partial charge in [0.2, 0.25) is 0 Å². The van der Waals surface area contributed by atoms with Gasteiger partial charge in [-0.1, -0.05) is 26.0 Å². The van der Waals surface area contributed by atoms with Gasteiger partial charge in [0.25, 0.3) is 0 Å². The van der Waals surface area contributed by atoms with E-state index in [0.29, 0.717) is 24.0 Å². The predicted molar refractivity (Wildman–Crippen MR) is 109 cm³/mol. The van der Waals surface area contributed by atoms with Crippen LogP contribution in [0, 0.1) is 0 Å². The average Bonchev–Trinajstić information content (AvgIpc) is 3.22. The Morgan fingerprint density at radius 3 is 2.58 bits per heavy atom. The summed E-state index contributed by atoms with van der Waals surface area (Å²) in [6, 6.07) is 8.17. The molecule has 0 saturated carbocycles. The van der Waals surface area contributed by atoms with Crippen molar-refractivity contribution in [1.82, 2.24) is 4.90 Å². The first-order valence-electron chi connectivity index (χ1n) is 9.33. The molecule has 2 atom stereocenters. The molecular weight excluding hydrogens is 368 g/mol. The summed E-state index contributed by atoms with van der Waals surface area (Å²) in [5.41, 5.74) is 2.21. The molecule has 0 spiro atoms. The lowest BCUT2D eigenvalue weighted by molar-refractivity contribution is 0.0851. The molecule has 2 heterocycles. The average molecular weight is 397 g/mol. The summed E-state index contributed by atoms with van der Waals surface area (Å²) < 4.78 is 29.6. The molecule has 2 saturated heterocycles. The molecular formula is C19H28N2O3S2. The largest absolute Gasteiger partial charge is 0.376 e. The SMILES string of the molecule is CC(C)c1ccc(NC(=S)N(C[C@H]2CCCO2)[C@H]2CCS(=O)(=O)C2)cc1. The van der Waals surface area contributed by atoms with Gasteiger partial charge in [0.05, 0.1) is 17.6 Å². The van der Waals surface area contributed by atoms with Crippen LogP contribution in [-0.4, -0.2) is 55.2 Å². The van der Waals surface area contributed by atoms with Crippen LogP contribution < -0.4 is 5.32 Å². The van der Waals surface area contributed by atoms with Crippen LogP contribution >= 0.6 is 12.2 Å². The quantitative estimate of drug-likeness (QED) is 0.772. The monoisotopic (exact) mass is 396 g/mol. The first kappa shape index (κ1) is 19.6. The van der Waals surface area contributed by atoms with Crippen LogP contribution in [-0.2, 0) is 14.6 Å². The van der Waals surface area contributed by atoms with Gasteiger partial charge in [-0.05, 0) is 55.1 Å². The van der Waals surface area contributed by atoms with Crippen molar-refractivity contribution in [2.24, 2.45) is 0 Å². The third-order valence-electron chi connectivity index (χ3n) is 5.16. The zero-order chi connectivity index (χ0) is 18.7. The molecule has 1 aromatic rings. The lowest BCUT2D eigenvalue weighted by atomic mass is 10.0. The van der Waals surface area contributed by atoms with Gasteiger partial charge in [-0.15, -0.1) is 0 Å². The fourth-order valence-corrected chi connectivity index (χ4v) is 5.65. The Morgan fingerprint density at radius 1 is 1.31 bits per heavy atom. The van der Waals surface area contributed by atoms with E-state index in [1.54, 1.807) is 0 Å². The number of rotatable bonds is 5. The normalized spacial score (nSPS) is 24.7. The summed E-state index contributed by atoms with van der Waals surface area (Å²) in [5.74, 6) is 0.898. The summed E-state index contributed by atoms with van der Waals surface area (Å²) in [7, 11) is -2.97. The third kappa shape index (κ3) is 4.96. The topological polar surface area (TPSA) is 58.6 Å². The molecule has 2 aliphatic rings. The minimum absolute atomic E-state index is 0.0702. The number of nitrogens with one attached hydrogen (secondary N) is 1. The zero-order valence-corrected chi connectivity index (χ0v) is 17.1. The molecule has 0 aromatic heterocycles. The van der Waals surface area contributed by atoms with E-state index in [2.05, 4.69) is 31.3 Å². The Labute approximate surface area is 162 Å². The standard InChI is InChI=1S/C19H28N2O3S2/c1-14(2)15-5-7-16(8-6-15)20-19(25)21(12-18-4-3-10-24-18)17-9-11-26(22,23)13-17/h5-8,14,17-18H,3-4,9-13H2,1-2H3,(H,20,25)/t17-,18+/m0/s1. The molecule has 2 aliphatic heterocycles. The number of hydrogen-bond acceptors (Lipinski definition) is 4. The third-order valence-corrected chi connectivity index (χ3v) is 7.25. The maximum atomic E-state index is 11.9. The summed E-state index contributed by atoms with van der Waals surface area (Å²) in [6.45, 7) is 5.75. The van der Waals surface area contributed by atoms with E-state index in [4.69, 9.17) is 17.0 Å². The molecule has 2 fully saturated rings. The zero-order valence-electron chi connectivity index (χ0n) is 15.5. The van der Waals surface area contributed by atoms with Crippen molar-refractivity contribution in [3.8, 4) is 0 Å². The maximum absolute atomic E-state index is 11.9. The van der Waals surface area contributed by atoms with E-state index in [9.17, 15) is 8.42 Å². The summed E-state index contributed by atoms with van der Waals surface area (Å²) >= 11 is 5.65. The molecule has 0 amide bonds. The van der Waals surface area contributed by atoms with Gasteiger partial charge in [0, 0.05) is 24.9 Å². The van der Waals surface area contributed by atoms with Crippen LogP contribution in [0.5, 0.6) is 0 Å². The van der Waals surface area contributed by atoms with E-state index in [-0.39, 0.29) is 23.7 Å². The molecule has 26 heavy (non-hydrogen) atoms. The first-order chi connectivity index (χ1) is 12.3. The fourth-order valence-electron chi connectivity index (χ4n) is 3.57. The van der Waals surface area contributed by atoms with E-state index in [1.807, 2.05) is 17.0 Å². The second kappa shape index (κ2) is 8.23. The fraction of sp³-hybridized carbons (Fsp3) is 0.632. The van der Waals surface area contributed by atoms with Crippen LogP contribution in [0.4, 0.5) is 5.69 Å². The van der Waals surface area contributed by atoms with Gasteiger partial charge in [-0.25, -0.2) is 8.42 Å². The first-order valence-corrected chi connectivity index (χ1v) is 11.6. The molecule has 5 nitrogen and oxygen atoms in total. The van der Waals surface area contributed by atoms with E-state index in [1.165, 1.54) is 5.56 Å². The Morgan fingerprint density at radius 2 is 2.04 bits per heavy atom. The molecule has 1 aromatic carbocycles. The van der Waals surface area contributed by atoms with Crippen molar-refractivity contribution < 1.29 is 13.2 Å². The molecule has 1 N–H and O–H groups in total. The van der Waals surface area contributed by atoms with Gasteiger partial charge < -0.3 is 15.0 Å². The van der Waals surface area contributed by atoms with Gasteiger partial charge in [0.1, 0.15) is 0 Å². The molecule has 7 heteroatoms. The highest BCUT2D eigenvalue weighted by Gasteiger charge is 2.35. The van der Waals surface area contributed by atoms with Crippen molar-refractivity contribution in [2.75, 3.05) is 30.0 Å². The maximum Gasteiger partial charge on any atom is 0.173 e. The molecule has 3 rings (SSSR count). The number of hydrogen-bond donors (Lipinski definition) is 1. The molecule has 0 aliphatic carbocycles. The minimum Gasteiger partial charge on any atom is -0.376 e. The van der Waals surface area contributed by atoms with Crippen molar-refractivity contribution >= 4 is 32.9 Å².